The van der Waals surface area contributed by atoms with Gasteiger partial charge in [-0.1, -0.05) is 0 Å². The molecule has 1 N–H and O–H groups in total. The molecule has 2 aliphatic heterocycles. The summed E-state index contributed by atoms with van der Waals surface area (Å²) in [6.07, 6.45) is -9.00. The van der Waals surface area contributed by atoms with Crippen molar-refractivity contribution in [2.24, 2.45) is 0 Å². The van der Waals surface area contributed by atoms with E-state index in [-0.39, 0.29) is 0 Å². The molecule has 0 aromatic carbocycles. The smallest absolute Gasteiger partial charge is 0.394 e. The molecular formula is C10H15F3O5. The molecule has 4 atom stereocenters. The fraction of sp³-hybridized carbons (Fsp3) is 1.00. The topological polar surface area (TPSA) is 57.2 Å². The molecule has 2 aliphatic rings. The molecule has 0 amide bonds. The lowest BCUT2D eigenvalue weighted by atomic mass is 9.91. The summed E-state index contributed by atoms with van der Waals surface area (Å²) in [5.74, 6) is -1.19. The van der Waals surface area contributed by atoms with Gasteiger partial charge in [0.25, 0.3) is 0 Å². The summed E-state index contributed by atoms with van der Waals surface area (Å²) in [4.78, 5) is 0. The van der Waals surface area contributed by atoms with E-state index in [1.165, 1.54) is 13.8 Å². The number of hydrogen-bond donors (Lipinski definition) is 1. The molecule has 2 rings (SSSR count). The first-order valence-electron chi connectivity index (χ1n) is 5.42. The van der Waals surface area contributed by atoms with Gasteiger partial charge in [0.2, 0.25) is 5.60 Å². The monoisotopic (exact) mass is 272 g/mol. The number of fused-ring (bicyclic) bond motifs is 1. The molecule has 0 aromatic rings. The van der Waals surface area contributed by atoms with Crippen molar-refractivity contribution in [3.63, 3.8) is 0 Å². The number of hydrogen-bond acceptors (Lipinski definition) is 5. The van der Waals surface area contributed by atoms with Gasteiger partial charge in [0.05, 0.1) is 6.61 Å². The zero-order chi connectivity index (χ0) is 13.8. The number of rotatable bonds is 2. The van der Waals surface area contributed by atoms with Crippen molar-refractivity contribution in [2.75, 3.05) is 13.7 Å². The Bertz CT molecular complexity index is 332. The van der Waals surface area contributed by atoms with Crippen LogP contribution in [-0.4, -0.2) is 54.9 Å². The lowest BCUT2D eigenvalue weighted by Gasteiger charge is -2.37. The van der Waals surface area contributed by atoms with Crippen LogP contribution in [0.25, 0.3) is 0 Å². The van der Waals surface area contributed by atoms with Crippen LogP contribution in [0.4, 0.5) is 13.2 Å². The van der Waals surface area contributed by atoms with Crippen molar-refractivity contribution >= 4 is 0 Å². The lowest BCUT2D eigenvalue weighted by molar-refractivity contribution is -0.324. The fourth-order valence-corrected chi connectivity index (χ4v) is 2.45. The number of methoxy groups -OCH3 is 1. The predicted molar refractivity (Wildman–Crippen MR) is 51.6 cm³/mol. The molecule has 2 fully saturated rings. The summed E-state index contributed by atoms with van der Waals surface area (Å²) >= 11 is 0. The zero-order valence-corrected chi connectivity index (χ0v) is 10.2. The first kappa shape index (κ1) is 14.0. The van der Waals surface area contributed by atoms with Gasteiger partial charge in [0, 0.05) is 7.11 Å². The highest BCUT2D eigenvalue weighted by Crippen LogP contribution is 2.51. The Labute approximate surface area is 102 Å². The Hall–Kier alpha value is -0.410. The van der Waals surface area contributed by atoms with Gasteiger partial charge in [-0.3, -0.25) is 0 Å². The van der Waals surface area contributed by atoms with Crippen LogP contribution in [-0.2, 0) is 18.9 Å². The van der Waals surface area contributed by atoms with Crippen LogP contribution in [0, 0.1) is 0 Å². The third-order valence-corrected chi connectivity index (χ3v) is 3.20. The van der Waals surface area contributed by atoms with E-state index in [9.17, 15) is 13.2 Å². The summed E-state index contributed by atoms with van der Waals surface area (Å²) in [6.45, 7) is 2.13. The summed E-state index contributed by atoms with van der Waals surface area (Å²) in [5.41, 5.74) is -2.72. The molecular weight excluding hydrogens is 257 g/mol. The lowest BCUT2D eigenvalue weighted by Crippen LogP contribution is -2.61. The molecule has 2 heterocycles. The highest BCUT2D eigenvalue weighted by atomic mass is 19.4. The van der Waals surface area contributed by atoms with E-state index in [0.717, 1.165) is 7.11 Å². The number of aliphatic hydroxyl groups is 1. The summed E-state index contributed by atoms with van der Waals surface area (Å²) in [5, 5.41) is 9.07. The van der Waals surface area contributed by atoms with Gasteiger partial charge < -0.3 is 24.1 Å². The van der Waals surface area contributed by atoms with E-state index < -0.39 is 42.7 Å². The van der Waals surface area contributed by atoms with Crippen LogP contribution < -0.4 is 0 Å². The maximum atomic E-state index is 13.3. The van der Waals surface area contributed by atoms with E-state index in [1.807, 2.05) is 0 Å². The van der Waals surface area contributed by atoms with E-state index >= 15 is 0 Å². The Balaban J connectivity index is 2.41. The average molecular weight is 272 g/mol. The van der Waals surface area contributed by atoms with Crippen molar-refractivity contribution in [3.05, 3.63) is 0 Å². The molecule has 0 radical (unpaired) electrons. The third kappa shape index (κ3) is 1.75. The van der Waals surface area contributed by atoms with Crippen LogP contribution in [0.1, 0.15) is 13.8 Å². The van der Waals surface area contributed by atoms with Gasteiger partial charge >= 0.3 is 6.18 Å². The molecule has 0 unspecified atom stereocenters. The van der Waals surface area contributed by atoms with Gasteiger partial charge in [0.15, 0.2) is 18.2 Å². The SMILES string of the molecule is CO[C@]1(C(F)(F)F)[C@@H](CO)O[C@@H]2OC(C)(C)O[C@@H]21. The van der Waals surface area contributed by atoms with Crippen molar-refractivity contribution < 1.29 is 37.2 Å². The van der Waals surface area contributed by atoms with Crippen molar-refractivity contribution in [1.82, 2.24) is 0 Å². The largest absolute Gasteiger partial charge is 0.422 e. The molecule has 0 saturated carbocycles. The van der Waals surface area contributed by atoms with Gasteiger partial charge in [-0.05, 0) is 13.8 Å². The van der Waals surface area contributed by atoms with E-state index in [1.54, 1.807) is 0 Å². The highest BCUT2D eigenvalue weighted by molar-refractivity contribution is 5.10. The zero-order valence-electron chi connectivity index (χ0n) is 10.2. The molecule has 2 saturated heterocycles. The Morgan fingerprint density at radius 2 is 1.89 bits per heavy atom. The number of halogens is 3. The van der Waals surface area contributed by atoms with Gasteiger partial charge in [-0.2, -0.15) is 13.2 Å². The van der Waals surface area contributed by atoms with Crippen LogP contribution in [0.3, 0.4) is 0 Å². The first-order valence-corrected chi connectivity index (χ1v) is 5.42. The summed E-state index contributed by atoms with van der Waals surface area (Å²) in [6, 6.07) is 0. The quantitative estimate of drug-likeness (QED) is 0.806. The normalized spacial score (nSPS) is 43.2. The third-order valence-electron chi connectivity index (χ3n) is 3.20. The fourth-order valence-electron chi connectivity index (χ4n) is 2.45. The second-order valence-corrected chi connectivity index (χ2v) is 4.73. The maximum absolute atomic E-state index is 13.3. The van der Waals surface area contributed by atoms with E-state index in [2.05, 4.69) is 4.74 Å². The first-order chi connectivity index (χ1) is 8.18. The molecule has 0 bridgehead atoms. The van der Waals surface area contributed by atoms with Crippen molar-refractivity contribution in [3.8, 4) is 0 Å². The van der Waals surface area contributed by atoms with Crippen molar-refractivity contribution in [2.45, 2.75) is 49.9 Å². The minimum absolute atomic E-state index is 0.840. The maximum Gasteiger partial charge on any atom is 0.422 e. The number of ether oxygens (including phenoxy) is 4. The molecule has 18 heavy (non-hydrogen) atoms. The molecule has 106 valence electrons. The average Bonchev–Trinajstić information content (AvgIpc) is 2.65. The van der Waals surface area contributed by atoms with Gasteiger partial charge in [0.1, 0.15) is 6.10 Å². The summed E-state index contributed by atoms with van der Waals surface area (Å²) < 4.78 is 60.1. The molecule has 0 spiro atoms. The molecule has 0 aromatic heterocycles. The highest BCUT2D eigenvalue weighted by Gasteiger charge is 2.75. The standard InChI is InChI=1S/C10H15F3O5/c1-8(2)17-6-7(18-8)16-5(4-14)9(6,15-3)10(11,12)13/h5-7,14H,4H2,1-3H3/t5-,6+,7-,9-/m1/s1. The second kappa shape index (κ2) is 4.04. The van der Waals surface area contributed by atoms with Crippen LogP contribution >= 0.6 is 0 Å². The Morgan fingerprint density at radius 3 is 2.33 bits per heavy atom. The Morgan fingerprint density at radius 1 is 1.28 bits per heavy atom. The van der Waals surface area contributed by atoms with E-state index in [4.69, 9.17) is 19.3 Å². The van der Waals surface area contributed by atoms with Crippen LogP contribution in [0.5, 0.6) is 0 Å². The van der Waals surface area contributed by atoms with Crippen LogP contribution in [0.2, 0.25) is 0 Å². The second-order valence-electron chi connectivity index (χ2n) is 4.73. The van der Waals surface area contributed by atoms with Crippen molar-refractivity contribution in [1.29, 1.82) is 0 Å². The molecule has 8 heteroatoms. The molecule has 0 aliphatic carbocycles. The minimum atomic E-state index is -4.75. The summed E-state index contributed by atoms with van der Waals surface area (Å²) in [7, 11) is 0.913. The predicted octanol–water partition coefficient (Wildman–Crippen LogP) is 0.803. The van der Waals surface area contributed by atoms with Crippen LogP contribution in [0.15, 0.2) is 0 Å². The number of alkyl halides is 3. The van der Waals surface area contributed by atoms with Gasteiger partial charge in [-0.25, -0.2) is 0 Å². The van der Waals surface area contributed by atoms with Gasteiger partial charge in [-0.15, -0.1) is 0 Å². The Kier molecular flexibility index (Phi) is 3.14. The molecule has 5 nitrogen and oxygen atoms in total. The van der Waals surface area contributed by atoms with E-state index in [0.29, 0.717) is 0 Å². The minimum Gasteiger partial charge on any atom is -0.394 e. The number of aliphatic hydroxyl groups excluding tert-OH is 1.